The normalized spacial score (nSPS) is 14.2. The number of nitro groups is 1. The first-order valence-electron chi connectivity index (χ1n) is 6.70. The summed E-state index contributed by atoms with van der Waals surface area (Å²) in [6.45, 7) is 5.73. The summed E-state index contributed by atoms with van der Waals surface area (Å²) in [5.41, 5.74) is 1.40. The third-order valence-electron chi connectivity index (χ3n) is 3.55. The number of fused-ring (bicyclic) bond motifs is 1. The number of hydrogen-bond donors (Lipinski definition) is 0. The van der Waals surface area contributed by atoms with Crippen LogP contribution in [0.1, 0.15) is 35.8 Å². The van der Waals surface area contributed by atoms with Gasteiger partial charge in [0.1, 0.15) is 10.5 Å². The summed E-state index contributed by atoms with van der Waals surface area (Å²) in [4.78, 5) is 22.3. The summed E-state index contributed by atoms with van der Waals surface area (Å²) in [6.07, 6.45) is 3.29. The molecule has 6 nitrogen and oxygen atoms in total. The SMILES string of the molecule is C=S(C)(=O)c1cc(C(=O)[N+](=O)[O-])c2c(C)cn(C(C)C)c2c1. The van der Waals surface area contributed by atoms with Gasteiger partial charge in [-0.1, -0.05) is 0 Å². The molecule has 7 heteroatoms. The van der Waals surface area contributed by atoms with E-state index in [2.05, 4.69) is 5.87 Å². The van der Waals surface area contributed by atoms with E-state index in [1.165, 1.54) is 12.3 Å². The fourth-order valence-electron chi connectivity index (χ4n) is 2.51. The van der Waals surface area contributed by atoms with Crippen LogP contribution in [0, 0.1) is 17.0 Å². The number of rotatable bonds is 3. The predicted octanol–water partition coefficient (Wildman–Crippen LogP) is 2.65. The van der Waals surface area contributed by atoms with E-state index in [1.54, 1.807) is 13.0 Å². The standard InChI is InChI=1S/C15H18N2O4S/c1-9(2)16-8-10(3)14-12(15(18)17(19)20)6-11(7-13(14)16)22(4,5)21/h6-9H,4H2,1-3,5H3. The Morgan fingerprint density at radius 1 is 1.41 bits per heavy atom. The van der Waals surface area contributed by atoms with Crippen molar-refractivity contribution in [1.82, 2.24) is 4.57 Å². The smallest absolute Gasteiger partial charge is 0.345 e. The molecule has 1 amide bonds. The predicted molar refractivity (Wildman–Crippen MR) is 87.8 cm³/mol. The quantitative estimate of drug-likeness (QED) is 0.494. The molecule has 1 aromatic carbocycles. The molecule has 22 heavy (non-hydrogen) atoms. The molecule has 0 fully saturated rings. The molecule has 0 bridgehead atoms. The molecule has 1 heterocycles. The maximum absolute atomic E-state index is 12.3. The van der Waals surface area contributed by atoms with Crippen molar-refractivity contribution in [2.45, 2.75) is 31.7 Å². The van der Waals surface area contributed by atoms with E-state index >= 15 is 0 Å². The minimum atomic E-state index is -2.60. The average molecular weight is 322 g/mol. The second-order valence-corrected chi connectivity index (χ2v) is 8.23. The molecular formula is C15H18N2O4S. The van der Waals surface area contributed by atoms with Crippen LogP contribution in [-0.2, 0) is 9.52 Å². The molecule has 1 unspecified atom stereocenters. The maximum atomic E-state index is 12.3. The van der Waals surface area contributed by atoms with E-state index in [-0.39, 0.29) is 11.6 Å². The van der Waals surface area contributed by atoms with Gasteiger partial charge in [-0.05, 0) is 53.9 Å². The molecule has 0 spiro atoms. The van der Waals surface area contributed by atoms with E-state index in [9.17, 15) is 19.1 Å². The van der Waals surface area contributed by atoms with Gasteiger partial charge in [0.25, 0.3) is 0 Å². The summed E-state index contributed by atoms with van der Waals surface area (Å²) in [6, 6.07) is 3.14. The zero-order chi connectivity index (χ0) is 16.8. The minimum absolute atomic E-state index is 0.0346. The first-order chi connectivity index (χ1) is 10.0. The van der Waals surface area contributed by atoms with Crippen LogP contribution in [-0.4, -0.2) is 31.7 Å². The largest absolute Gasteiger partial charge is 0.477 e. The lowest BCUT2D eigenvalue weighted by atomic mass is 10.1. The number of carbonyl (C=O) groups excluding carboxylic acids is 1. The molecule has 0 aliphatic rings. The first-order valence-corrected chi connectivity index (χ1v) is 8.83. The lowest BCUT2D eigenvalue weighted by Gasteiger charge is -2.12. The third-order valence-corrected chi connectivity index (χ3v) is 4.78. The Morgan fingerprint density at radius 3 is 2.45 bits per heavy atom. The summed E-state index contributed by atoms with van der Waals surface area (Å²) >= 11 is 0. The summed E-state index contributed by atoms with van der Waals surface area (Å²) in [5, 5.41) is 11.4. The van der Waals surface area contributed by atoms with Gasteiger partial charge < -0.3 is 4.57 Å². The van der Waals surface area contributed by atoms with E-state index < -0.39 is 20.4 Å². The van der Waals surface area contributed by atoms with Crippen LogP contribution in [0.4, 0.5) is 0 Å². The summed E-state index contributed by atoms with van der Waals surface area (Å²) < 4.78 is 14.2. The van der Waals surface area contributed by atoms with Crippen molar-refractivity contribution in [3.8, 4) is 0 Å². The highest BCUT2D eigenvalue weighted by molar-refractivity contribution is 7.99. The lowest BCUT2D eigenvalue weighted by Crippen LogP contribution is -2.13. The van der Waals surface area contributed by atoms with E-state index in [4.69, 9.17) is 0 Å². The molecule has 118 valence electrons. The van der Waals surface area contributed by atoms with Gasteiger partial charge >= 0.3 is 5.91 Å². The molecule has 0 saturated heterocycles. The Hall–Kier alpha value is -2.15. The minimum Gasteiger partial charge on any atom is -0.345 e. The van der Waals surface area contributed by atoms with Gasteiger partial charge in [0.05, 0.1) is 5.52 Å². The highest BCUT2D eigenvalue weighted by Crippen LogP contribution is 2.30. The molecule has 0 aliphatic heterocycles. The van der Waals surface area contributed by atoms with E-state index in [0.717, 1.165) is 5.56 Å². The van der Waals surface area contributed by atoms with Crippen LogP contribution in [0.5, 0.6) is 0 Å². The lowest BCUT2D eigenvalue weighted by molar-refractivity contribution is -0.375. The molecule has 0 radical (unpaired) electrons. The van der Waals surface area contributed by atoms with Crippen molar-refractivity contribution in [2.75, 3.05) is 6.26 Å². The molecule has 2 aromatic rings. The number of carbonyl (C=O) groups is 1. The monoisotopic (exact) mass is 322 g/mol. The zero-order valence-electron chi connectivity index (χ0n) is 13.0. The molecule has 0 N–H and O–H groups in total. The Morgan fingerprint density at radius 2 is 2.00 bits per heavy atom. The van der Waals surface area contributed by atoms with Crippen LogP contribution in [0.25, 0.3) is 10.9 Å². The second kappa shape index (κ2) is 5.24. The van der Waals surface area contributed by atoms with Crippen LogP contribution in [0.15, 0.2) is 23.2 Å². The van der Waals surface area contributed by atoms with Gasteiger partial charge in [-0.3, -0.25) is 14.3 Å². The molecule has 0 saturated carbocycles. The molecule has 2 rings (SSSR count). The van der Waals surface area contributed by atoms with Crippen molar-refractivity contribution < 1.29 is 13.9 Å². The summed E-state index contributed by atoms with van der Waals surface area (Å²) in [7, 11) is -2.60. The molecule has 1 aromatic heterocycles. The number of benzene rings is 1. The number of amides is 1. The van der Waals surface area contributed by atoms with Crippen molar-refractivity contribution in [3.05, 3.63) is 39.6 Å². The zero-order valence-corrected chi connectivity index (χ0v) is 13.8. The van der Waals surface area contributed by atoms with Crippen molar-refractivity contribution >= 4 is 32.2 Å². The second-order valence-electron chi connectivity index (χ2n) is 5.75. The third kappa shape index (κ3) is 2.64. The maximum Gasteiger partial charge on any atom is 0.477 e. The Kier molecular flexibility index (Phi) is 3.87. The number of aryl methyl sites for hydroxylation is 1. The van der Waals surface area contributed by atoms with Crippen LogP contribution < -0.4 is 0 Å². The Balaban J connectivity index is 2.99. The van der Waals surface area contributed by atoms with Crippen LogP contribution in [0.3, 0.4) is 0 Å². The number of aromatic nitrogens is 1. The van der Waals surface area contributed by atoms with Gasteiger partial charge in [-0.15, -0.1) is 0 Å². The topological polar surface area (TPSA) is 82.2 Å². The van der Waals surface area contributed by atoms with Crippen molar-refractivity contribution in [2.24, 2.45) is 0 Å². The Bertz CT molecular complexity index is 892. The van der Waals surface area contributed by atoms with Crippen molar-refractivity contribution in [1.29, 1.82) is 0 Å². The van der Waals surface area contributed by atoms with Gasteiger partial charge in [0.15, 0.2) is 0 Å². The first kappa shape index (κ1) is 16.2. The number of nitrogens with zero attached hydrogens (tertiary/aromatic N) is 2. The molecule has 1 atom stereocenters. The number of hydrogen-bond acceptors (Lipinski definition) is 4. The van der Waals surface area contributed by atoms with Gasteiger partial charge in [0.2, 0.25) is 0 Å². The van der Waals surface area contributed by atoms with Crippen LogP contribution in [0.2, 0.25) is 0 Å². The van der Waals surface area contributed by atoms with Gasteiger partial charge in [-0.25, -0.2) is 4.79 Å². The van der Waals surface area contributed by atoms with Crippen molar-refractivity contribution in [3.63, 3.8) is 0 Å². The fourth-order valence-corrected chi connectivity index (χ4v) is 3.23. The Labute approximate surface area is 128 Å². The van der Waals surface area contributed by atoms with Crippen LogP contribution >= 0.6 is 0 Å². The van der Waals surface area contributed by atoms with E-state index in [1.807, 2.05) is 24.6 Å². The molecular weight excluding hydrogens is 304 g/mol. The average Bonchev–Trinajstić information content (AvgIpc) is 2.73. The van der Waals surface area contributed by atoms with Gasteiger partial charge in [0, 0.05) is 28.8 Å². The molecule has 0 aliphatic carbocycles. The fraction of sp³-hybridized carbons (Fsp3) is 0.333. The van der Waals surface area contributed by atoms with E-state index in [0.29, 0.717) is 15.8 Å². The highest BCUT2D eigenvalue weighted by atomic mass is 32.2. The highest BCUT2D eigenvalue weighted by Gasteiger charge is 2.26. The summed E-state index contributed by atoms with van der Waals surface area (Å²) in [5.74, 6) is 2.42. The van der Waals surface area contributed by atoms with Gasteiger partial charge in [-0.2, -0.15) is 0 Å².